The minimum Gasteiger partial charge on any atom is -0.493 e. The minimum atomic E-state index is -0.629. The summed E-state index contributed by atoms with van der Waals surface area (Å²) in [4.78, 5) is 27.4. The lowest BCUT2D eigenvalue weighted by Crippen LogP contribution is -2.40. The van der Waals surface area contributed by atoms with Crippen LogP contribution < -0.4 is 20.5 Å². The van der Waals surface area contributed by atoms with Crippen molar-refractivity contribution >= 4 is 34.8 Å². The molecule has 3 rings (SSSR count). The predicted molar refractivity (Wildman–Crippen MR) is 117 cm³/mol. The fraction of sp³-hybridized carbons (Fsp3) is 0.429. The highest BCUT2D eigenvalue weighted by Crippen LogP contribution is 2.36. The van der Waals surface area contributed by atoms with Gasteiger partial charge in [-0.15, -0.1) is 11.3 Å². The van der Waals surface area contributed by atoms with Crippen molar-refractivity contribution in [2.24, 2.45) is 11.7 Å². The number of primary amides is 1. The van der Waals surface area contributed by atoms with Crippen molar-refractivity contribution in [3.8, 4) is 11.5 Å². The molecule has 162 valence electrons. The Kier molecular flexibility index (Phi) is 7.95. The second-order valence-electron chi connectivity index (χ2n) is 7.28. The molecule has 30 heavy (non-hydrogen) atoms. The Morgan fingerprint density at radius 1 is 1.40 bits per heavy atom. The average molecular weight is 452 g/mol. The highest BCUT2D eigenvalue weighted by atomic mass is 35.5. The molecule has 9 heteroatoms. The van der Waals surface area contributed by atoms with E-state index >= 15 is 0 Å². The number of rotatable bonds is 9. The molecule has 1 aliphatic heterocycles. The summed E-state index contributed by atoms with van der Waals surface area (Å²) in [6.45, 7) is 3.27. The summed E-state index contributed by atoms with van der Waals surface area (Å²) in [5, 5.41) is 5.28. The smallest absolute Gasteiger partial charge is 0.255 e. The lowest BCUT2D eigenvalue weighted by Gasteiger charge is -2.32. The molecule has 0 saturated carbocycles. The molecular formula is C21H26ClN3O4S. The van der Waals surface area contributed by atoms with Crippen LogP contribution in [0.2, 0.25) is 5.02 Å². The fourth-order valence-corrected chi connectivity index (χ4v) is 4.57. The van der Waals surface area contributed by atoms with Gasteiger partial charge in [0.1, 0.15) is 0 Å². The summed E-state index contributed by atoms with van der Waals surface area (Å²) in [6, 6.07) is 7.27. The van der Waals surface area contributed by atoms with E-state index in [2.05, 4.69) is 27.7 Å². The van der Waals surface area contributed by atoms with Crippen LogP contribution in [0.15, 0.2) is 29.6 Å². The third-order valence-electron chi connectivity index (χ3n) is 4.96. The lowest BCUT2D eigenvalue weighted by molar-refractivity contribution is -0.119. The van der Waals surface area contributed by atoms with Crippen molar-refractivity contribution in [3.05, 3.63) is 45.1 Å². The quantitative estimate of drug-likeness (QED) is 0.611. The summed E-state index contributed by atoms with van der Waals surface area (Å²) in [7, 11) is 1.44. The predicted octanol–water partition coefficient (Wildman–Crippen LogP) is 2.92. The first-order valence-electron chi connectivity index (χ1n) is 9.78. The molecule has 1 atom stereocenters. The number of piperidine rings is 1. The van der Waals surface area contributed by atoms with E-state index in [1.165, 1.54) is 18.1 Å². The lowest BCUT2D eigenvalue weighted by atomic mass is 9.97. The standard InChI is InChI=1S/C21H26ClN3O4S/c1-28-18-9-15(8-17(22)20(18)29-13-19(23)26)21(27)24-10-14-4-2-6-25(11-14)12-16-5-3-7-30-16/h3,5,7-9,14H,2,4,6,10-13H2,1H3,(H2,23,26)(H,24,27). The van der Waals surface area contributed by atoms with Gasteiger partial charge >= 0.3 is 0 Å². The number of thiophene rings is 1. The van der Waals surface area contributed by atoms with Gasteiger partial charge in [-0.25, -0.2) is 0 Å². The van der Waals surface area contributed by atoms with Gasteiger partial charge in [0, 0.05) is 30.1 Å². The third kappa shape index (κ3) is 6.10. The molecule has 0 aliphatic carbocycles. The second-order valence-corrected chi connectivity index (χ2v) is 8.72. The van der Waals surface area contributed by atoms with Crippen LogP contribution in [0, 0.1) is 5.92 Å². The molecule has 2 amide bonds. The zero-order valence-electron chi connectivity index (χ0n) is 16.9. The minimum absolute atomic E-state index is 0.181. The molecule has 1 aliphatic rings. The van der Waals surface area contributed by atoms with Crippen molar-refractivity contribution in [1.82, 2.24) is 10.2 Å². The van der Waals surface area contributed by atoms with Gasteiger partial charge in [0.05, 0.1) is 12.1 Å². The van der Waals surface area contributed by atoms with Crippen LogP contribution in [0.4, 0.5) is 0 Å². The van der Waals surface area contributed by atoms with E-state index in [-0.39, 0.29) is 29.0 Å². The first-order valence-corrected chi connectivity index (χ1v) is 11.0. The van der Waals surface area contributed by atoms with Crippen molar-refractivity contribution in [3.63, 3.8) is 0 Å². The van der Waals surface area contributed by atoms with Crippen LogP contribution in [-0.4, -0.2) is 50.1 Å². The molecule has 1 unspecified atom stereocenters. The van der Waals surface area contributed by atoms with Crippen LogP contribution in [0.1, 0.15) is 28.1 Å². The number of methoxy groups -OCH3 is 1. The Labute approximate surface area is 185 Å². The average Bonchev–Trinajstić information content (AvgIpc) is 3.23. The van der Waals surface area contributed by atoms with Gasteiger partial charge in [-0.2, -0.15) is 0 Å². The monoisotopic (exact) mass is 451 g/mol. The number of nitrogens with one attached hydrogen (secondary N) is 1. The molecule has 7 nitrogen and oxygen atoms in total. The molecular weight excluding hydrogens is 426 g/mol. The first kappa shape index (κ1) is 22.4. The maximum absolute atomic E-state index is 12.7. The summed E-state index contributed by atoms with van der Waals surface area (Å²) < 4.78 is 10.6. The maximum Gasteiger partial charge on any atom is 0.255 e. The zero-order chi connectivity index (χ0) is 21.5. The van der Waals surface area contributed by atoms with Gasteiger partial charge in [-0.05, 0) is 48.9 Å². The van der Waals surface area contributed by atoms with E-state index in [0.29, 0.717) is 18.0 Å². The number of hydrogen-bond donors (Lipinski definition) is 2. The number of nitrogens with zero attached hydrogens (tertiary/aromatic N) is 1. The Bertz CT molecular complexity index is 875. The van der Waals surface area contributed by atoms with E-state index in [4.69, 9.17) is 26.8 Å². The largest absolute Gasteiger partial charge is 0.493 e. The summed E-state index contributed by atoms with van der Waals surface area (Å²) in [5.41, 5.74) is 5.47. The number of hydrogen-bond acceptors (Lipinski definition) is 6. The molecule has 2 aromatic rings. The van der Waals surface area contributed by atoms with Crippen LogP contribution in [0.3, 0.4) is 0 Å². The molecule has 0 spiro atoms. The van der Waals surface area contributed by atoms with Gasteiger partial charge in [-0.1, -0.05) is 17.7 Å². The summed E-state index contributed by atoms with van der Waals surface area (Å²) in [6.07, 6.45) is 2.21. The highest BCUT2D eigenvalue weighted by molar-refractivity contribution is 7.09. The number of amides is 2. The maximum atomic E-state index is 12.7. The Hall–Kier alpha value is -2.29. The number of carbonyl (C=O) groups excluding carboxylic acids is 2. The number of carbonyl (C=O) groups is 2. The second kappa shape index (κ2) is 10.7. The van der Waals surface area contributed by atoms with Crippen LogP contribution in [0.25, 0.3) is 0 Å². The van der Waals surface area contributed by atoms with Crippen LogP contribution >= 0.6 is 22.9 Å². The molecule has 1 aromatic heterocycles. The van der Waals surface area contributed by atoms with E-state index < -0.39 is 5.91 Å². The van der Waals surface area contributed by atoms with Gasteiger partial charge in [0.15, 0.2) is 18.1 Å². The third-order valence-corrected chi connectivity index (χ3v) is 6.11. The highest BCUT2D eigenvalue weighted by Gasteiger charge is 2.22. The number of likely N-dealkylation sites (tertiary alicyclic amines) is 1. The van der Waals surface area contributed by atoms with Crippen molar-refractivity contribution in [2.75, 3.05) is 33.4 Å². The molecule has 2 heterocycles. The molecule has 1 saturated heterocycles. The summed E-state index contributed by atoms with van der Waals surface area (Å²) >= 11 is 8.01. The molecule has 0 radical (unpaired) electrons. The van der Waals surface area contributed by atoms with Gasteiger partial charge in [-0.3, -0.25) is 14.5 Å². The van der Waals surface area contributed by atoms with Gasteiger partial charge < -0.3 is 20.5 Å². The normalized spacial score (nSPS) is 16.8. The topological polar surface area (TPSA) is 93.9 Å². The molecule has 1 aromatic carbocycles. The number of benzene rings is 1. The Morgan fingerprint density at radius 3 is 2.93 bits per heavy atom. The van der Waals surface area contributed by atoms with Gasteiger partial charge in [0.2, 0.25) is 0 Å². The Morgan fingerprint density at radius 2 is 2.23 bits per heavy atom. The van der Waals surface area contributed by atoms with Crippen molar-refractivity contribution < 1.29 is 19.1 Å². The Balaban J connectivity index is 1.57. The SMILES string of the molecule is COc1cc(C(=O)NCC2CCCN(Cc3cccs3)C2)cc(Cl)c1OCC(N)=O. The molecule has 1 fully saturated rings. The zero-order valence-corrected chi connectivity index (χ0v) is 18.4. The van der Waals surface area contributed by atoms with E-state index in [0.717, 1.165) is 32.5 Å². The van der Waals surface area contributed by atoms with E-state index in [1.807, 2.05) is 0 Å². The number of halogens is 1. The van der Waals surface area contributed by atoms with Crippen molar-refractivity contribution in [1.29, 1.82) is 0 Å². The molecule has 0 bridgehead atoms. The number of ether oxygens (including phenoxy) is 2. The van der Waals surface area contributed by atoms with E-state index in [1.54, 1.807) is 17.4 Å². The fourth-order valence-electron chi connectivity index (χ4n) is 3.56. The first-order chi connectivity index (χ1) is 14.5. The number of nitrogens with two attached hydrogens (primary N) is 1. The van der Waals surface area contributed by atoms with Gasteiger partial charge in [0.25, 0.3) is 11.8 Å². The van der Waals surface area contributed by atoms with Crippen LogP contribution in [-0.2, 0) is 11.3 Å². The summed E-state index contributed by atoms with van der Waals surface area (Å²) in [5.74, 6) is 0.000448. The van der Waals surface area contributed by atoms with Crippen molar-refractivity contribution in [2.45, 2.75) is 19.4 Å². The van der Waals surface area contributed by atoms with Crippen LogP contribution in [0.5, 0.6) is 11.5 Å². The molecule has 3 N–H and O–H groups in total. The van der Waals surface area contributed by atoms with E-state index in [9.17, 15) is 9.59 Å².